The van der Waals surface area contributed by atoms with Gasteiger partial charge in [-0.2, -0.15) is 4.98 Å². The second-order valence-electron chi connectivity index (χ2n) is 3.30. The zero-order valence-electron chi connectivity index (χ0n) is 8.45. The van der Waals surface area contributed by atoms with E-state index in [4.69, 9.17) is 5.11 Å². The lowest BCUT2D eigenvalue weighted by Crippen LogP contribution is -1.98. The predicted molar refractivity (Wildman–Crippen MR) is 49.3 cm³/mol. The minimum atomic E-state index is -1.25. The van der Waals surface area contributed by atoms with Gasteiger partial charge in [0.15, 0.2) is 17.5 Å². The summed E-state index contributed by atoms with van der Waals surface area (Å²) >= 11 is 0. The minimum Gasteiger partial charge on any atom is -0.387 e. The van der Waals surface area contributed by atoms with Crippen LogP contribution in [-0.4, -0.2) is 15.2 Å². The minimum absolute atomic E-state index is 0.0250. The molecule has 0 aliphatic carbocycles. The Morgan fingerprint density at radius 1 is 1.12 bits per heavy atom. The van der Waals surface area contributed by atoms with Crippen molar-refractivity contribution in [2.24, 2.45) is 0 Å². The van der Waals surface area contributed by atoms with E-state index in [9.17, 15) is 13.2 Å². The molecular formula is C10H7F3N2O2. The fourth-order valence-corrected chi connectivity index (χ4v) is 1.30. The molecule has 17 heavy (non-hydrogen) atoms. The third kappa shape index (κ3) is 2.44. The maximum Gasteiger partial charge on any atom is 0.252 e. The van der Waals surface area contributed by atoms with Crippen molar-refractivity contribution in [2.45, 2.75) is 13.0 Å². The monoisotopic (exact) mass is 244 g/mol. The molecule has 1 heterocycles. The molecule has 0 aliphatic rings. The highest BCUT2D eigenvalue weighted by Gasteiger charge is 2.13. The van der Waals surface area contributed by atoms with E-state index in [0.29, 0.717) is 6.07 Å². The molecule has 0 saturated heterocycles. The number of aliphatic hydroxyl groups excluding tert-OH is 1. The average molecular weight is 244 g/mol. The standard InChI is InChI=1S/C10H7F3N2O2/c11-6-3-8(13)7(12)1-5(6)2-9-14-10(4-16)17-15-9/h1,3,16H,2,4H2. The maximum absolute atomic E-state index is 13.3. The van der Waals surface area contributed by atoms with Crippen LogP contribution in [0.2, 0.25) is 0 Å². The SMILES string of the molecule is OCc1nc(Cc2cc(F)c(F)cc2F)no1. The summed E-state index contributed by atoms with van der Waals surface area (Å²) in [6, 6.07) is 1.19. The van der Waals surface area contributed by atoms with E-state index in [0.717, 1.165) is 6.07 Å². The number of aromatic nitrogens is 2. The summed E-state index contributed by atoms with van der Waals surface area (Å²) in [5.41, 5.74) is -0.0887. The van der Waals surface area contributed by atoms with Gasteiger partial charge >= 0.3 is 0 Å². The largest absolute Gasteiger partial charge is 0.387 e. The number of rotatable bonds is 3. The Labute approximate surface area is 93.7 Å². The highest BCUT2D eigenvalue weighted by atomic mass is 19.2. The summed E-state index contributed by atoms with van der Waals surface area (Å²) in [6.07, 6.45) is -0.146. The molecule has 0 saturated carbocycles. The van der Waals surface area contributed by atoms with Crippen LogP contribution >= 0.6 is 0 Å². The number of nitrogens with zero attached hydrogens (tertiary/aromatic N) is 2. The summed E-state index contributed by atoms with van der Waals surface area (Å²) in [4.78, 5) is 3.71. The number of aliphatic hydroxyl groups is 1. The van der Waals surface area contributed by atoms with Crippen LogP contribution in [0.3, 0.4) is 0 Å². The molecule has 2 rings (SSSR count). The fraction of sp³-hybridized carbons (Fsp3) is 0.200. The molecule has 2 aromatic rings. The van der Waals surface area contributed by atoms with E-state index < -0.39 is 24.1 Å². The summed E-state index contributed by atoms with van der Waals surface area (Å²) < 4.78 is 43.4. The second kappa shape index (κ2) is 4.54. The Balaban J connectivity index is 2.26. The normalized spacial score (nSPS) is 10.8. The van der Waals surface area contributed by atoms with E-state index in [-0.39, 0.29) is 23.7 Å². The van der Waals surface area contributed by atoms with Crippen LogP contribution in [0.1, 0.15) is 17.3 Å². The van der Waals surface area contributed by atoms with Gasteiger partial charge in [0.25, 0.3) is 5.89 Å². The molecule has 0 bridgehead atoms. The Kier molecular flexibility index (Phi) is 3.10. The molecule has 0 spiro atoms. The number of benzene rings is 1. The van der Waals surface area contributed by atoms with Crippen molar-refractivity contribution in [3.05, 3.63) is 46.9 Å². The molecule has 0 atom stereocenters. The van der Waals surface area contributed by atoms with Crippen LogP contribution in [-0.2, 0) is 13.0 Å². The van der Waals surface area contributed by atoms with E-state index >= 15 is 0 Å². The van der Waals surface area contributed by atoms with E-state index in [1.165, 1.54) is 0 Å². The van der Waals surface area contributed by atoms with Crippen molar-refractivity contribution in [1.29, 1.82) is 0 Å². The summed E-state index contributed by atoms with van der Waals surface area (Å²) in [7, 11) is 0. The molecular weight excluding hydrogens is 237 g/mol. The summed E-state index contributed by atoms with van der Waals surface area (Å²) in [5, 5.41) is 12.1. The Bertz CT molecular complexity index is 542. The highest BCUT2D eigenvalue weighted by molar-refractivity contribution is 5.22. The maximum atomic E-state index is 13.3. The number of hydrogen-bond donors (Lipinski definition) is 1. The van der Waals surface area contributed by atoms with Crippen LogP contribution in [0.4, 0.5) is 13.2 Å². The summed E-state index contributed by atoms with van der Waals surface area (Å²) in [6.45, 7) is -0.437. The van der Waals surface area contributed by atoms with Gasteiger partial charge in [-0.15, -0.1) is 0 Å². The third-order valence-corrected chi connectivity index (χ3v) is 2.08. The molecule has 4 nitrogen and oxygen atoms in total. The molecule has 90 valence electrons. The van der Waals surface area contributed by atoms with Crippen molar-refractivity contribution < 1.29 is 22.8 Å². The van der Waals surface area contributed by atoms with Gasteiger partial charge in [0.2, 0.25) is 0 Å². The van der Waals surface area contributed by atoms with Gasteiger partial charge in [0, 0.05) is 12.5 Å². The van der Waals surface area contributed by atoms with E-state index in [1.54, 1.807) is 0 Å². The first kappa shape index (κ1) is 11.6. The Morgan fingerprint density at radius 3 is 2.47 bits per heavy atom. The Morgan fingerprint density at radius 2 is 1.82 bits per heavy atom. The van der Waals surface area contributed by atoms with E-state index in [1.807, 2.05) is 0 Å². The second-order valence-corrected chi connectivity index (χ2v) is 3.30. The van der Waals surface area contributed by atoms with Gasteiger partial charge < -0.3 is 9.63 Å². The Hall–Kier alpha value is -1.89. The number of halogens is 3. The molecule has 0 amide bonds. The molecule has 0 aliphatic heterocycles. The lowest BCUT2D eigenvalue weighted by atomic mass is 10.1. The first-order chi connectivity index (χ1) is 8.10. The van der Waals surface area contributed by atoms with Crippen molar-refractivity contribution in [3.63, 3.8) is 0 Å². The molecule has 0 unspecified atom stereocenters. The van der Waals surface area contributed by atoms with Gasteiger partial charge in [-0.05, 0) is 11.6 Å². The third-order valence-electron chi connectivity index (χ3n) is 2.08. The lowest BCUT2D eigenvalue weighted by molar-refractivity contribution is 0.222. The van der Waals surface area contributed by atoms with Crippen LogP contribution in [0.25, 0.3) is 0 Å². The summed E-state index contributed by atoms with van der Waals surface area (Å²) in [5.74, 6) is -3.23. The van der Waals surface area contributed by atoms with Gasteiger partial charge in [-0.1, -0.05) is 5.16 Å². The molecule has 7 heteroatoms. The van der Waals surface area contributed by atoms with Crippen molar-refractivity contribution >= 4 is 0 Å². The molecule has 0 fully saturated rings. The zero-order chi connectivity index (χ0) is 12.4. The molecule has 1 N–H and O–H groups in total. The molecule has 1 aromatic carbocycles. The first-order valence-electron chi connectivity index (χ1n) is 4.66. The van der Waals surface area contributed by atoms with Crippen LogP contribution in [0.5, 0.6) is 0 Å². The van der Waals surface area contributed by atoms with Crippen molar-refractivity contribution in [1.82, 2.24) is 10.1 Å². The molecule has 1 aromatic heterocycles. The molecule has 0 radical (unpaired) electrons. The fourth-order valence-electron chi connectivity index (χ4n) is 1.30. The number of hydrogen-bond acceptors (Lipinski definition) is 4. The smallest absolute Gasteiger partial charge is 0.252 e. The van der Waals surface area contributed by atoms with Gasteiger partial charge in [0.1, 0.15) is 12.4 Å². The topological polar surface area (TPSA) is 59.2 Å². The van der Waals surface area contributed by atoms with E-state index in [2.05, 4.69) is 14.7 Å². The quantitative estimate of drug-likeness (QED) is 0.832. The van der Waals surface area contributed by atoms with Crippen molar-refractivity contribution in [2.75, 3.05) is 0 Å². The van der Waals surface area contributed by atoms with Gasteiger partial charge in [0.05, 0.1) is 0 Å². The van der Waals surface area contributed by atoms with Crippen molar-refractivity contribution in [3.8, 4) is 0 Å². The highest BCUT2D eigenvalue weighted by Crippen LogP contribution is 2.16. The zero-order valence-corrected chi connectivity index (χ0v) is 8.45. The van der Waals surface area contributed by atoms with Gasteiger partial charge in [-0.3, -0.25) is 0 Å². The first-order valence-corrected chi connectivity index (χ1v) is 4.66. The predicted octanol–water partition coefficient (Wildman–Crippen LogP) is 1.57. The van der Waals surface area contributed by atoms with Crippen LogP contribution < -0.4 is 0 Å². The average Bonchev–Trinajstić information content (AvgIpc) is 2.73. The van der Waals surface area contributed by atoms with Gasteiger partial charge in [-0.25, -0.2) is 13.2 Å². The van der Waals surface area contributed by atoms with Crippen LogP contribution in [0, 0.1) is 17.5 Å². The lowest BCUT2D eigenvalue weighted by Gasteiger charge is -2.00. The van der Waals surface area contributed by atoms with Crippen LogP contribution in [0.15, 0.2) is 16.7 Å².